The van der Waals surface area contributed by atoms with Gasteiger partial charge in [0.2, 0.25) is 6.20 Å². The summed E-state index contributed by atoms with van der Waals surface area (Å²) in [6, 6.07) is 2.50. The van der Waals surface area contributed by atoms with Crippen LogP contribution < -0.4 is 15.4 Å². The van der Waals surface area contributed by atoms with E-state index in [-0.39, 0.29) is 21.7 Å². The van der Waals surface area contributed by atoms with Gasteiger partial charge in [0.25, 0.3) is 10.3 Å². The lowest BCUT2D eigenvalue weighted by atomic mass is 10.3. The zero-order chi connectivity index (χ0) is 19.1. The van der Waals surface area contributed by atoms with E-state index in [0.29, 0.717) is 15.0 Å². The van der Waals surface area contributed by atoms with Crippen molar-refractivity contribution in [1.82, 2.24) is 4.98 Å². The maximum absolute atomic E-state index is 11.0. The number of rotatable bonds is 4. The van der Waals surface area contributed by atoms with Gasteiger partial charge in [0.05, 0.1) is 28.2 Å². The van der Waals surface area contributed by atoms with Gasteiger partial charge in [-0.15, -0.1) is 0 Å². The van der Waals surface area contributed by atoms with Gasteiger partial charge >= 0.3 is 5.69 Å². The van der Waals surface area contributed by atoms with Crippen molar-refractivity contribution in [2.24, 2.45) is 0 Å². The van der Waals surface area contributed by atoms with Crippen LogP contribution in [0.15, 0.2) is 33.7 Å². The van der Waals surface area contributed by atoms with Gasteiger partial charge in [-0.2, -0.15) is 4.73 Å². The molecule has 0 bridgehead atoms. The minimum atomic E-state index is -0.559. The summed E-state index contributed by atoms with van der Waals surface area (Å²) in [4.78, 5) is 23.8. The van der Waals surface area contributed by atoms with Crippen LogP contribution in [-0.4, -0.2) is 28.9 Å². The number of aromatic nitrogens is 2. The molecular formula is C12H12Br2N6O5. The lowest BCUT2D eigenvalue weighted by Crippen LogP contribution is -2.28. The molecule has 2 rings (SSSR count). The first kappa shape index (κ1) is 20.5. The summed E-state index contributed by atoms with van der Waals surface area (Å²) in [6.07, 6.45) is 2.50. The van der Waals surface area contributed by atoms with Crippen LogP contribution in [0.1, 0.15) is 0 Å². The fourth-order valence-electron chi connectivity index (χ4n) is 1.61. The number of nitro groups is 2. The molecule has 0 saturated carbocycles. The molecule has 0 aromatic carbocycles. The molecule has 2 N–H and O–H groups in total. The van der Waals surface area contributed by atoms with Crippen molar-refractivity contribution in [2.75, 3.05) is 24.7 Å². The minimum Gasteiger partial charge on any atom is -0.618 e. The number of halogens is 2. The molecule has 25 heavy (non-hydrogen) atoms. The summed E-state index contributed by atoms with van der Waals surface area (Å²) in [5.41, 5.74) is 0.465. The topological polar surface area (TPSA) is 150 Å². The zero-order valence-electron chi connectivity index (χ0n) is 12.9. The van der Waals surface area contributed by atoms with E-state index < -0.39 is 9.85 Å². The van der Waals surface area contributed by atoms with E-state index in [1.165, 1.54) is 19.3 Å². The van der Waals surface area contributed by atoms with Crippen LogP contribution >= 0.6 is 31.9 Å². The van der Waals surface area contributed by atoms with Crippen LogP contribution in [0.25, 0.3) is 0 Å². The van der Waals surface area contributed by atoms with Gasteiger partial charge in [0, 0.05) is 30.0 Å². The SMILES string of the molecule is CNc1c[n+]([O-])c(Br)cc1[N+](=O)[O-].CNc1cnc(Br)cc1[N+](=O)[O-]. The monoisotopic (exact) mass is 478 g/mol. The van der Waals surface area contributed by atoms with Crippen molar-refractivity contribution in [2.45, 2.75) is 0 Å². The van der Waals surface area contributed by atoms with Crippen LogP contribution in [0, 0.1) is 25.4 Å². The van der Waals surface area contributed by atoms with Crippen LogP contribution in [0.4, 0.5) is 22.7 Å². The van der Waals surface area contributed by atoms with E-state index in [4.69, 9.17) is 0 Å². The molecule has 0 spiro atoms. The van der Waals surface area contributed by atoms with Crippen molar-refractivity contribution < 1.29 is 14.6 Å². The van der Waals surface area contributed by atoms with E-state index >= 15 is 0 Å². The van der Waals surface area contributed by atoms with E-state index in [9.17, 15) is 25.4 Å². The molecule has 0 aliphatic heterocycles. The number of hydrogen-bond acceptors (Lipinski definition) is 8. The molecule has 0 unspecified atom stereocenters. The van der Waals surface area contributed by atoms with Crippen molar-refractivity contribution in [1.29, 1.82) is 0 Å². The van der Waals surface area contributed by atoms with Crippen molar-refractivity contribution >= 4 is 54.6 Å². The Morgan fingerprint density at radius 3 is 2.04 bits per heavy atom. The number of anilines is 2. The van der Waals surface area contributed by atoms with Gasteiger partial charge < -0.3 is 15.8 Å². The first-order chi connectivity index (χ1) is 11.7. The second kappa shape index (κ2) is 9.08. The maximum atomic E-state index is 11.0. The number of nitrogens with one attached hydrogen (secondary N) is 2. The molecule has 0 radical (unpaired) electrons. The van der Waals surface area contributed by atoms with Crippen LogP contribution in [0.3, 0.4) is 0 Å². The molecule has 2 aromatic heterocycles. The van der Waals surface area contributed by atoms with E-state index in [1.54, 1.807) is 7.05 Å². The highest BCUT2D eigenvalue weighted by Gasteiger charge is 2.19. The quantitative estimate of drug-likeness (QED) is 0.223. The number of hydrogen-bond donors (Lipinski definition) is 2. The standard InChI is InChI=1S/C6H6BrN3O3.C6H6BrN3O2/c1-8-4-3-9(11)6(7)2-5(4)10(12)13;1-8-4-3-9-6(7)2-5(4)10(11)12/h2-3,8H,1H3;2-3,8H,1H3. The summed E-state index contributed by atoms with van der Waals surface area (Å²) in [5, 5.41) is 37.1. The highest BCUT2D eigenvalue weighted by atomic mass is 79.9. The predicted molar refractivity (Wildman–Crippen MR) is 97.4 cm³/mol. The zero-order valence-corrected chi connectivity index (χ0v) is 16.1. The Bertz CT molecular complexity index is 804. The van der Waals surface area contributed by atoms with E-state index in [1.807, 2.05) is 0 Å². The smallest absolute Gasteiger partial charge is 0.305 e. The number of nitrogens with zero attached hydrogens (tertiary/aromatic N) is 4. The predicted octanol–water partition coefficient (Wildman–Crippen LogP) is 2.83. The Morgan fingerprint density at radius 2 is 1.56 bits per heavy atom. The second-order valence-corrected chi connectivity index (χ2v) is 5.88. The van der Waals surface area contributed by atoms with Gasteiger partial charge in [-0.1, -0.05) is 0 Å². The van der Waals surface area contributed by atoms with Crippen molar-refractivity contribution in [3.8, 4) is 0 Å². The van der Waals surface area contributed by atoms with Gasteiger partial charge in [0.1, 0.15) is 10.3 Å². The van der Waals surface area contributed by atoms with Crippen molar-refractivity contribution in [3.63, 3.8) is 0 Å². The maximum Gasteiger partial charge on any atom is 0.305 e. The molecule has 0 aliphatic rings. The minimum absolute atomic E-state index is 0.0133. The van der Waals surface area contributed by atoms with Gasteiger partial charge in [-0.25, -0.2) is 4.98 Å². The molecule has 134 valence electrons. The Kier molecular flexibility index (Phi) is 7.44. The van der Waals surface area contributed by atoms with Gasteiger partial charge in [0.15, 0.2) is 5.69 Å². The molecule has 11 nitrogen and oxygen atoms in total. The van der Waals surface area contributed by atoms with Gasteiger partial charge in [-0.05, 0) is 15.9 Å². The van der Waals surface area contributed by atoms with Crippen LogP contribution in [0.5, 0.6) is 0 Å². The summed E-state index contributed by atoms with van der Waals surface area (Å²) >= 11 is 5.95. The Hall–Kier alpha value is -2.54. The highest BCUT2D eigenvalue weighted by molar-refractivity contribution is 9.10. The van der Waals surface area contributed by atoms with Crippen LogP contribution in [-0.2, 0) is 0 Å². The molecule has 0 aliphatic carbocycles. The van der Waals surface area contributed by atoms with Crippen molar-refractivity contribution in [3.05, 3.63) is 59.2 Å². The third-order valence-corrected chi connectivity index (χ3v) is 3.78. The Morgan fingerprint density at radius 1 is 1.04 bits per heavy atom. The van der Waals surface area contributed by atoms with E-state index in [0.717, 1.165) is 12.3 Å². The molecular weight excluding hydrogens is 468 g/mol. The average molecular weight is 480 g/mol. The fourth-order valence-corrected chi connectivity index (χ4v) is 2.25. The molecule has 2 aromatic rings. The number of pyridine rings is 2. The molecule has 0 atom stereocenters. The lowest BCUT2D eigenvalue weighted by Gasteiger charge is -2.03. The highest BCUT2D eigenvalue weighted by Crippen LogP contribution is 2.25. The Balaban J connectivity index is 0.000000251. The summed E-state index contributed by atoms with van der Waals surface area (Å²) in [7, 11) is 3.12. The first-order valence-corrected chi connectivity index (χ1v) is 8.02. The second-order valence-electron chi connectivity index (χ2n) is 4.26. The van der Waals surface area contributed by atoms with Crippen LogP contribution in [0.2, 0.25) is 0 Å². The molecule has 2 heterocycles. The summed E-state index contributed by atoms with van der Waals surface area (Å²) in [6.45, 7) is 0. The molecule has 0 amide bonds. The fraction of sp³-hybridized carbons (Fsp3) is 0.167. The first-order valence-electron chi connectivity index (χ1n) is 6.43. The molecule has 13 heteroatoms. The normalized spacial score (nSPS) is 9.60. The van der Waals surface area contributed by atoms with E-state index in [2.05, 4.69) is 47.5 Å². The third-order valence-electron chi connectivity index (χ3n) is 2.77. The summed E-state index contributed by atoms with van der Waals surface area (Å²) < 4.78 is 1.06. The molecule has 0 saturated heterocycles. The summed E-state index contributed by atoms with van der Waals surface area (Å²) in [5.74, 6) is 0. The third kappa shape index (κ3) is 5.49. The Labute approximate surface area is 158 Å². The average Bonchev–Trinajstić information content (AvgIpc) is 2.57. The van der Waals surface area contributed by atoms with Gasteiger partial charge in [-0.3, -0.25) is 20.2 Å². The largest absolute Gasteiger partial charge is 0.618 e. The molecule has 0 fully saturated rings. The lowest BCUT2D eigenvalue weighted by molar-refractivity contribution is -0.617.